The fourth-order valence-corrected chi connectivity index (χ4v) is 3.12. The number of aromatic nitrogens is 1. The minimum absolute atomic E-state index is 0.178. The maximum absolute atomic E-state index is 4.33. The second-order valence-corrected chi connectivity index (χ2v) is 6.79. The Morgan fingerprint density at radius 1 is 1.44 bits per heavy atom. The minimum atomic E-state index is 0.178. The Hall–Kier alpha value is -0.890. The first-order valence-corrected chi connectivity index (χ1v) is 7.10. The van der Waals surface area contributed by atoms with E-state index in [9.17, 15) is 0 Å². The van der Waals surface area contributed by atoms with Gasteiger partial charge in [0, 0.05) is 29.9 Å². The van der Waals surface area contributed by atoms with Crippen LogP contribution >= 0.6 is 0 Å². The molecule has 100 valence electrons. The van der Waals surface area contributed by atoms with Crippen molar-refractivity contribution in [3.8, 4) is 0 Å². The molecule has 0 saturated heterocycles. The average Bonchev–Trinajstić information content (AvgIpc) is 2.70. The normalized spacial score (nSPS) is 28.6. The standard InChI is InChI=1S/C16H26N2/c1-13-7-5-9-16(13,12-18-15(2,3)4)14-8-6-10-17-11-14/h6,8,10-11,13,18H,5,7,9,12H2,1-4H3. The largest absolute Gasteiger partial charge is 0.311 e. The molecule has 2 nitrogen and oxygen atoms in total. The van der Waals surface area contributed by atoms with Crippen LogP contribution in [-0.4, -0.2) is 17.1 Å². The molecule has 1 aliphatic carbocycles. The maximum Gasteiger partial charge on any atom is 0.0306 e. The molecule has 1 aromatic heterocycles. The molecule has 2 atom stereocenters. The smallest absolute Gasteiger partial charge is 0.0306 e. The van der Waals surface area contributed by atoms with Crippen LogP contribution in [0, 0.1) is 5.92 Å². The lowest BCUT2D eigenvalue weighted by Gasteiger charge is -2.37. The average molecular weight is 246 g/mol. The van der Waals surface area contributed by atoms with Gasteiger partial charge >= 0.3 is 0 Å². The first kappa shape index (κ1) is 13.5. The molecule has 0 aromatic carbocycles. The summed E-state index contributed by atoms with van der Waals surface area (Å²) in [5.41, 5.74) is 1.87. The van der Waals surface area contributed by atoms with Crippen molar-refractivity contribution in [3.63, 3.8) is 0 Å². The van der Waals surface area contributed by atoms with Crippen molar-refractivity contribution in [1.82, 2.24) is 10.3 Å². The van der Waals surface area contributed by atoms with Crippen molar-refractivity contribution in [3.05, 3.63) is 30.1 Å². The summed E-state index contributed by atoms with van der Waals surface area (Å²) in [6.07, 6.45) is 7.88. The van der Waals surface area contributed by atoms with Crippen molar-refractivity contribution in [1.29, 1.82) is 0 Å². The predicted octanol–water partition coefficient (Wildman–Crippen LogP) is 3.53. The second-order valence-electron chi connectivity index (χ2n) is 6.79. The van der Waals surface area contributed by atoms with Crippen molar-refractivity contribution < 1.29 is 0 Å². The van der Waals surface area contributed by atoms with E-state index in [0.717, 1.165) is 12.5 Å². The SMILES string of the molecule is CC1CCCC1(CNC(C)(C)C)c1cccnc1. The Morgan fingerprint density at radius 3 is 2.72 bits per heavy atom. The highest BCUT2D eigenvalue weighted by molar-refractivity contribution is 5.25. The summed E-state index contributed by atoms with van der Waals surface area (Å²) >= 11 is 0. The maximum atomic E-state index is 4.33. The van der Waals surface area contributed by atoms with Crippen LogP contribution < -0.4 is 5.32 Å². The number of nitrogens with one attached hydrogen (secondary N) is 1. The molecule has 1 fully saturated rings. The summed E-state index contributed by atoms with van der Waals surface area (Å²) in [5.74, 6) is 0.733. The van der Waals surface area contributed by atoms with Gasteiger partial charge in [0.05, 0.1) is 0 Å². The summed E-state index contributed by atoms with van der Waals surface area (Å²) < 4.78 is 0. The van der Waals surface area contributed by atoms with E-state index in [0.29, 0.717) is 0 Å². The zero-order chi connectivity index (χ0) is 13.2. The third kappa shape index (κ3) is 2.74. The van der Waals surface area contributed by atoms with Gasteiger partial charge in [0.25, 0.3) is 0 Å². The van der Waals surface area contributed by atoms with Crippen LogP contribution in [-0.2, 0) is 5.41 Å². The van der Waals surface area contributed by atoms with Crippen LogP contribution in [0.5, 0.6) is 0 Å². The van der Waals surface area contributed by atoms with Gasteiger partial charge in [-0.25, -0.2) is 0 Å². The van der Waals surface area contributed by atoms with Gasteiger partial charge in [-0.3, -0.25) is 4.98 Å². The molecule has 0 aliphatic heterocycles. The third-order valence-electron chi connectivity index (χ3n) is 4.37. The molecule has 1 aromatic rings. The molecule has 1 saturated carbocycles. The molecular weight excluding hydrogens is 220 g/mol. The molecule has 0 bridgehead atoms. The topological polar surface area (TPSA) is 24.9 Å². The summed E-state index contributed by atoms with van der Waals surface area (Å²) in [7, 11) is 0. The van der Waals surface area contributed by atoms with Crippen LogP contribution in [0.1, 0.15) is 52.5 Å². The van der Waals surface area contributed by atoms with Gasteiger partial charge in [-0.2, -0.15) is 0 Å². The van der Waals surface area contributed by atoms with Crippen LogP contribution in [0.3, 0.4) is 0 Å². The predicted molar refractivity (Wildman–Crippen MR) is 76.7 cm³/mol. The highest BCUT2D eigenvalue weighted by Crippen LogP contribution is 2.45. The Morgan fingerprint density at radius 2 is 2.22 bits per heavy atom. The number of pyridine rings is 1. The molecule has 1 heterocycles. The van der Waals surface area contributed by atoms with E-state index in [2.05, 4.69) is 56.3 Å². The van der Waals surface area contributed by atoms with E-state index in [-0.39, 0.29) is 11.0 Å². The first-order valence-electron chi connectivity index (χ1n) is 7.10. The van der Waals surface area contributed by atoms with Gasteiger partial charge in [0.2, 0.25) is 0 Å². The Kier molecular flexibility index (Phi) is 3.76. The molecule has 2 heteroatoms. The molecule has 0 spiro atoms. The van der Waals surface area contributed by atoms with E-state index >= 15 is 0 Å². The fourth-order valence-electron chi connectivity index (χ4n) is 3.12. The lowest BCUT2D eigenvalue weighted by atomic mass is 9.73. The van der Waals surface area contributed by atoms with Crippen LogP contribution in [0.4, 0.5) is 0 Å². The molecule has 2 rings (SSSR count). The zero-order valence-electron chi connectivity index (χ0n) is 12.2. The molecule has 1 N–H and O–H groups in total. The highest BCUT2D eigenvalue weighted by Gasteiger charge is 2.42. The molecule has 2 unspecified atom stereocenters. The first-order chi connectivity index (χ1) is 8.44. The van der Waals surface area contributed by atoms with Crippen molar-refractivity contribution in [2.24, 2.45) is 5.92 Å². The zero-order valence-corrected chi connectivity index (χ0v) is 12.2. The highest BCUT2D eigenvalue weighted by atomic mass is 15.0. The number of rotatable bonds is 3. The van der Waals surface area contributed by atoms with E-state index in [1.54, 1.807) is 0 Å². The minimum Gasteiger partial charge on any atom is -0.311 e. The second kappa shape index (κ2) is 5.00. The number of hydrogen-bond donors (Lipinski definition) is 1. The van der Waals surface area contributed by atoms with E-state index < -0.39 is 0 Å². The van der Waals surface area contributed by atoms with Crippen molar-refractivity contribution in [2.75, 3.05) is 6.54 Å². The fraction of sp³-hybridized carbons (Fsp3) is 0.688. The molecular formula is C16H26N2. The van der Waals surface area contributed by atoms with Gasteiger partial charge in [0.1, 0.15) is 0 Å². The Bertz CT molecular complexity index is 380. The van der Waals surface area contributed by atoms with Gasteiger partial charge in [-0.1, -0.05) is 19.4 Å². The van der Waals surface area contributed by atoms with Crippen LogP contribution in [0.15, 0.2) is 24.5 Å². The summed E-state index contributed by atoms with van der Waals surface area (Å²) in [6, 6.07) is 4.32. The molecule has 18 heavy (non-hydrogen) atoms. The van der Waals surface area contributed by atoms with E-state index in [1.807, 2.05) is 6.20 Å². The van der Waals surface area contributed by atoms with Gasteiger partial charge in [-0.05, 0) is 51.2 Å². The number of hydrogen-bond acceptors (Lipinski definition) is 2. The summed E-state index contributed by atoms with van der Waals surface area (Å²) in [6.45, 7) is 10.2. The van der Waals surface area contributed by atoms with Crippen LogP contribution in [0.25, 0.3) is 0 Å². The summed E-state index contributed by atoms with van der Waals surface area (Å²) in [5, 5.41) is 3.71. The quantitative estimate of drug-likeness (QED) is 0.882. The lowest BCUT2D eigenvalue weighted by Crippen LogP contribution is -2.47. The van der Waals surface area contributed by atoms with Crippen molar-refractivity contribution in [2.45, 2.75) is 57.9 Å². The number of nitrogens with zero attached hydrogens (tertiary/aromatic N) is 1. The van der Waals surface area contributed by atoms with Crippen LogP contribution in [0.2, 0.25) is 0 Å². The molecule has 0 radical (unpaired) electrons. The van der Waals surface area contributed by atoms with Gasteiger partial charge in [0.15, 0.2) is 0 Å². The Balaban J connectivity index is 2.25. The van der Waals surface area contributed by atoms with Crippen molar-refractivity contribution >= 4 is 0 Å². The van der Waals surface area contributed by atoms with E-state index in [1.165, 1.54) is 24.8 Å². The van der Waals surface area contributed by atoms with Gasteiger partial charge in [-0.15, -0.1) is 0 Å². The van der Waals surface area contributed by atoms with Gasteiger partial charge < -0.3 is 5.32 Å². The van der Waals surface area contributed by atoms with E-state index in [4.69, 9.17) is 0 Å². The lowest BCUT2D eigenvalue weighted by molar-refractivity contribution is 0.279. The third-order valence-corrected chi connectivity index (χ3v) is 4.37. The Labute approximate surface area is 111 Å². The monoisotopic (exact) mass is 246 g/mol. The summed E-state index contributed by atoms with van der Waals surface area (Å²) in [4.78, 5) is 4.33. The molecule has 1 aliphatic rings. The molecule has 0 amide bonds.